The molecule has 14 heteroatoms. The van der Waals surface area contributed by atoms with E-state index in [1.807, 2.05) is 19.1 Å². The van der Waals surface area contributed by atoms with E-state index in [-0.39, 0.29) is 62.5 Å². The molecule has 2 atom stereocenters. The molecule has 4 aromatic carbocycles. The van der Waals surface area contributed by atoms with E-state index in [1.54, 1.807) is 12.1 Å². The summed E-state index contributed by atoms with van der Waals surface area (Å²) in [4.78, 5) is 105. The lowest BCUT2D eigenvalue weighted by molar-refractivity contribution is -0.200. The van der Waals surface area contributed by atoms with Crippen LogP contribution in [0.25, 0.3) is 11.1 Å². The number of esters is 4. The number of hydrogen-bond acceptors (Lipinski definition) is 12. The van der Waals surface area contributed by atoms with Crippen molar-refractivity contribution >= 4 is 52.9 Å². The highest BCUT2D eigenvalue weighted by atomic mass is 16.6. The van der Waals surface area contributed by atoms with Gasteiger partial charge in [-0.25, -0.2) is 19.2 Å². The van der Waals surface area contributed by atoms with Gasteiger partial charge in [0, 0.05) is 19.2 Å². The number of aryl methyl sites for hydroxylation is 1. The number of Topliss-reactive ketones (excluding diaryl/α,β-unsaturated/α-hetero) is 2. The van der Waals surface area contributed by atoms with Gasteiger partial charge < -0.3 is 29.6 Å². The number of benzene rings is 4. The third kappa shape index (κ3) is 10.2. The molecule has 0 aromatic heterocycles. The summed E-state index contributed by atoms with van der Waals surface area (Å²) in [7, 11) is 1.37. The first-order chi connectivity index (χ1) is 31.4. The van der Waals surface area contributed by atoms with E-state index in [9.17, 15) is 38.4 Å². The standard InChI is InChI=1S/C52H50N2O12/c1-29(2)43(55)26-63-49(61)39-17-13-36(20-41(39)45(57)53-6)37-14-18-40(50(62)64-27-44(56)30(3)4)42(21-37)46(58)54-38-15-11-35(12-16-38)48(60)66-52-24-32-19-33(25-52)23-51(22-32,28-52)65-47(59)34-9-7-31(5)8-10-34/h7-18,20-21,32-33H,1,3,19,22-28H2,2,4-6H3,(H,53,57)(H,54,58). The van der Waals surface area contributed by atoms with Crippen molar-refractivity contribution in [2.45, 2.75) is 70.5 Å². The molecule has 8 rings (SSSR count). The van der Waals surface area contributed by atoms with Gasteiger partial charge in [-0.15, -0.1) is 0 Å². The largest absolute Gasteiger partial charge is 0.455 e. The second-order valence-electron chi connectivity index (χ2n) is 17.7. The Hall–Kier alpha value is -7.48. The van der Waals surface area contributed by atoms with Crippen LogP contribution >= 0.6 is 0 Å². The molecule has 0 spiro atoms. The number of rotatable bonds is 16. The minimum absolute atomic E-state index is 0.0848. The Morgan fingerprint density at radius 1 is 0.576 bits per heavy atom. The fourth-order valence-electron chi connectivity index (χ4n) is 9.40. The molecular formula is C52H50N2O12. The summed E-state index contributed by atoms with van der Waals surface area (Å²) in [6, 6.07) is 21.8. The number of carbonyl (C=O) groups excluding carboxylic acids is 8. The predicted molar refractivity (Wildman–Crippen MR) is 242 cm³/mol. The topological polar surface area (TPSA) is 198 Å². The zero-order chi connectivity index (χ0) is 47.5. The molecule has 0 aliphatic heterocycles. The molecular weight excluding hydrogens is 845 g/mol. The molecule has 0 radical (unpaired) electrons. The Morgan fingerprint density at radius 2 is 1.00 bits per heavy atom. The number of hydrogen-bond donors (Lipinski definition) is 2. The van der Waals surface area contributed by atoms with Crippen molar-refractivity contribution in [3.05, 3.63) is 148 Å². The quantitative estimate of drug-likeness (QED) is 0.0626. The first-order valence-electron chi connectivity index (χ1n) is 21.5. The maximum absolute atomic E-state index is 14.1. The van der Waals surface area contributed by atoms with Gasteiger partial charge >= 0.3 is 23.9 Å². The molecule has 4 bridgehead atoms. The smallest absolute Gasteiger partial charge is 0.339 e. The molecule has 2 N–H and O–H groups in total. The zero-order valence-electron chi connectivity index (χ0n) is 37.2. The maximum atomic E-state index is 14.1. The number of amides is 2. The van der Waals surface area contributed by atoms with Gasteiger partial charge in [-0.05, 0) is 148 Å². The first-order valence-corrected chi connectivity index (χ1v) is 21.5. The van der Waals surface area contributed by atoms with Crippen LogP contribution in [0, 0.1) is 18.8 Å². The summed E-state index contributed by atoms with van der Waals surface area (Å²) < 4.78 is 23.0. The second-order valence-corrected chi connectivity index (χ2v) is 17.7. The summed E-state index contributed by atoms with van der Waals surface area (Å²) in [5, 5.41) is 5.23. The Bertz CT molecular complexity index is 2680. The van der Waals surface area contributed by atoms with E-state index >= 15 is 0 Å². The molecule has 66 heavy (non-hydrogen) atoms. The minimum Gasteiger partial charge on any atom is -0.455 e. The SMILES string of the molecule is C=C(C)C(=O)COC(=O)c1ccc(-c2ccc(C(=O)OCC(=O)C(=C)C)c(C(=O)Nc3ccc(C(=O)OC45CC6CC(CC(OC(=O)c7ccc(C)cc7)(C6)C4)C5)cc3)c2)cc1C(=O)NC. The van der Waals surface area contributed by atoms with Crippen LogP contribution < -0.4 is 10.6 Å². The van der Waals surface area contributed by atoms with Gasteiger partial charge in [-0.2, -0.15) is 0 Å². The Morgan fingerprint density at radius 3 is 1.42 bits per heavy atom. The fraction of sp³-hybridized carbons (Fsp3) is 0.308. The third-order valence-electron chi connectivity index (χ3n) is 12.4. The summed E-state index contributed by atoms with van der Waals surface area (Å²) in [5.41, 5.74) is 1.05. The molecule has 4 aromatic rings. The Labute approximate surface area is 381 Å². The van der Waals surface area contributed by atoms with Crippen LogP contribution in [-0.4, -0.2) is 78.7 Å². The first kappa shape index (κ1) is 46.5. The number of ketones is 2. The Kier molecular flexibility index (Phi) is 13.3. The van der Waals surface area contributed by atoms with Gasteiger partial charge in [-0.3, -0.25) is 19.2 Å². The van der Waals surface area contributed by atoms with Crippen molar-refractivity contribution in [2.24, 2.45) is 11.8 Å². The highest BCUT2D eigenvalue weighted by Crippen LogP contribution is 2.60. The monoisotopic (exact) mass is 894 g/mol. The molecule has 0 heterocycles. The van der Waals surface area contributed by atoms with E-state index in [0.717, 1.165) is 24.8 Å². The number of ether oxygens (including phenoxy) is 4. The second kappa shape index (κ2) is 18.9. The molecule has 2 unspecified atom stereocenters. The van der Waals surface area contributed by atoms with E-state index in [4.69, 9.17) is 18.9 Å². The van der Waals surface area contributed by atoms with Crippen molar-refractivity contribution in [1.29, 1.82) is 0 Å². The highest BCUT2D eigenvalue weighted by Gasteiger charge is 2.61. The van der Waals surface area contributed by atoms with Crippen molar-refractivity contribution in [1.82, 2.24) is 5.32 Å². The average molecular weight is 895 g/mol. The van der Waals surface area contributed by atoms with Crippen molar-refractivity contribution in [3.8, 4) is 11.1 Å². The van der Waals surface area contributed by atoms with E-state index in [2.05, 4.69) is 23.8 Å². The maximum Gasteiger partial charge on any atom is 0.339 e. The highest BCUT2D eigenvalue weighted by molar-refractivity contribution is 6.12. The van der Waals surface area contributed by atoms with Gasteiger partial charge in [0.25, 0.3) is 11.8 Å². The van der Waals surface area contributed by atoms with Crippen LogP contribution in [0.5, 0.6) is 0 Å². The van der Waals surface area contributed by atoms with Crippen molar-refractivity contribution in [2.75, 3.05) is 25.6 Å². The molecule has 4 aliphatic carbocycles. The lowest BCUT2D eigenvalue weighted by atomic mass is 9.52. The average Bonchev–Trinajstić information content (AvgIpc) is 3.28. The molecule has 0 saturated heterocycles. The summed E-state index contributed by atoms with van der Waals surface area (Å²) in [6.45, 7) is 10.8. The molecule has 14 nitrogen and oxygen atoms in total. The summed E-state index contributed by atoms with van der Waals surface area (Å²) in [6.07, 6.45) is 4.22. The molecule has 4 saturated carbocycles. The summed E-state index contributed by atoms with van der Waals surface area (Å²) >= 11 is 0. The van der Waals surface area contributed by atoms with Gasteiger partial charge in [0.15, 0.2) is 24.8 Å². The van der Waals surface area contributed by atoms with Crippen LogP contribution in [-0.2, 0) is 28.5 Å². The number of anilines is 1. The van der Waals surface area contributed by atoms with Crippen LogP contribution in [0.1, 0.15) is 120 Å². The van der Waals surface area contributed by atoms with Crippen molar-refractivity contribution < 1.29 is 57.3 Å². The van der Waals surface area contributed by atoms with Crippen molar-refractivity contribution in [3.63, 3.8) is 0 Å². The molecule has 4 aliphatic rings. The lowest BCUT2D eigenvalue weighted by Crippen LogP contribution is -2.61. The third-order valence-corrected chi connectivity index (χ3v) is 12.4. The number of carbonyl (C=O) groups is 8. The lowest BCUT2D eigenvalue weighted by Gasteiger charge is -2.60. The molecule has 4 fully saturated rings. The van der Waals surface area contributed by atoms with Gasteiger partial charge in [0.2, 0.25) is 0 Å². The Balaban J connectivity index is 1.10. The minimum atomic E-state index is -0.968. The zero-order valence-corrected chi connectivity index (χ0v) is 37.2. The van der Waals surface area contributed by atoms with E-state index in [0.29, 0.717) is 36.0 Å². The van der Waals surface area contributed by atoms with Gasteiger partial charge in [0.1, 0.15) is 11.2 Å². The normalized spacial score (nSPS) is 20.0. The predicted octanol–water partition coefficient (Wildman–Crippen LogP) is 7.98. The number of nitrogens with one attached hydrogen (secondary N) is 2. The van der Waals surface area contributed by atoms with E-state index < -0.39 is 65.7 Å². The molecule has 2 amide bonds. The van der Waals surface area contributed by atoms with Gasteiger partial charge in [-0.1, -0.05) is 43.0 Å². The van der Waals surface area contributed by atoms with Gasteiger partial charge in [0.05, 0.1) is 33.4 Å². The van der Waals surface area contributed by atoms with Crippen LogP contribution in [0.3, 0.4) is 0 Å². The van der Waals surface area contributed by atoms with Crippen LogP contribution in [0.4, 0.5) is 5.69 Å². The molecule has 340 valence electrons. The van der Waals surface area contributed by atoms with Crippen LogP contribution in [0.15, 0.2) is 109 Å². The van der Waals surface area contributed by atoms with E-state index in [1.165, 1.54) is 81.6 Å². The fourth-order valence-corrected chi connectivity index (χ4v) is 9.40. The van der Waals surface area contributed by atoms with Crippen LogP contribution in [0.2, 0.25) is 0 Å². The summed E-state index contributed by atoms with van der Waals surface area (Å²) in [5.74, 6) is -4.72.